The summed E-state index contributed by atoms with van der Waals surface area (Å²) in [4.78, 5) is 22.2. The Balaban J connectivity index is 0.000000245. The predicted octanol–water partition coefficient (Wildman–Crippen LogP) is 3.52. The fourth-order valence-electron chi connectivity index (χ4n) is 2.69. The highest BCUT2D eigenvalue weighted by atomic mass is 16.4. The lowest BCUT2D eigenvalue weighted by Gasteiger charge is -2.08. The van der Waals surface area contributed by atoms with Crippen LogP contribution in [-0.2, 0) is 6.42 Å². The van der Waals surface area contributed by atoms with Crippen molar-refractivity contribution in [2.45, 2.75) is 27.2 Å². The van der Waals surface area contributed by atoms with Gasteiger partial charge in [-0.25, -0.2) is 4.79 Å². The van der Waals surface area contributed by atoms with Crippen molar-refractivity contribution in [2.75, 3.05) is 0 Å². The van der Waals surface area contributed by atoms with Crippen LogP contribution in [0.15, 0.2) is 45.1 Å². The van der Waals surface area contributed by atoms with Crippen LogP contribution in [-0.4, -0.2) is 36.6 Å². The Kier molecular flexibility index (Phi) is 6.81. The van der Waals surface area contributed by atoms with Crippen molar-refractivity contribution in [3.8, 4) is 28.7 Å². The second-order valence-corrected chi connectivity index (χ2v) is 6.97. The third-order valence-corrected chi connectivity index (χ3v) is 4.23. The normalized spacial score (nSPS) is 10.3. The van der Waals surface area contributed by atoms with Gasteiger partial charge >= 0.3 is 5.97 Å². The maximum Gasteiger partial charge on any atom is 0.335 e. The van der Waals surface area contributed by atoms with Crippen molar-refractivity contribution in [2.24, 2.45) is 0 Å². The smallest absolute Gasteiger partial charge is 0.335 e. The number of phenols is 5. The Hall–Kier alpha value is -4.14. The summed E-state index contributed by atoms with van der Waals surface area (Å²) in [5.41, 5.74) is 0.998. The molecule has 0 atom stereocenters. The van der Waals surface area contributed by atoms with Gasteiger partial charge < -0.3 is 35.1 Å². The van der Waals surface area contributed by atoms with Crippen LogP contribution in [0.4, 0.5) is 0 Å². The SMILES string of the molecule is CC(C)=CCc1c(O)cc2oc(C)cc(=O)c2c1O.O=C(O)c1cc(O)c(O)c(O)c1. The Morgan fingerprint density at radius 1 is 0.935 bits per heavy atom. The summed E-state index contributed by atoms with van der Waals surface area (Å²) in [5, 5.41) is 55.2. The molecule has 2 aromatic carbocycles. The Bertz CT molecular complexity index is 1210. The van der Waals surface area contributed by atoms with Crippen molar-refractivity contribution in [3.05, 3.63) is 63.0 Å². The first kappa shape index (κ1) is 23.1. The summed E-state index contributed by atoms with van der Waals surface area (Å²) < 4.78 is 5.35. The van der Waals surface area contributed by atoms with Crippen molar-refractivity contribution in [3.63, 3.8) is 0 Å². The quantitative estimate of drug-likeness (QED) is 0.269. The molecule has 164 valence electrons. The number of phenolic OH excluding ortho intramolecular Hbond substituents is 5. The summed E-state index contributed by atoms with van der Waals surface area (Å²) in [6.45, 7) is 5.49. The van der Waals surface area contributed by atoms with Crippen LogP contribution in [0.1, 0.15) is 35.5 Å². The summed E-state index contributed by atoms with van der Waals surface area (Å²) in [7, 11) is 0. The third-order valence-electron chi connectivity index (χ3n) is 4.23. The fraction of sp³-hybridized carbons (Fsp3) is 0.182. The first-order valence-corrected chi connectivity index (χ1v) is 9.02. The molecule has 0 bridgehead atoms. The third kappa shape index (κ3) is 5.27. The molecule has 0 saturated heterocycles. The van der Waals surface area contributed by atoms with Gasteiger partial charge in [0.25, 0.3) is 0 Å². The number of aryl methyl sites for hydroxylation is 1. The van der Waals surface area contributed by atoms with Gasteiger partial charge in [-0.05, 0) is 39.3 Å². The molecule has 3 rings (SSSR count). The second kappa shape index (κ2) is 9.12. The highest BCUT2D eigenvalue weighted by molar-refractivity contribution is 5.89. The molecular weight excluding hydrogens is 408 g/mol. The van der Waals surface area contributed by atoms with Crippen LogP contribution in [0, 0.1) is 6.92 Å². The number of carbonyl (C=O) groups is 1. The maximum absolute atomic E-state index is 11.9. The van der Waals surface area contributed by atoms with E-state index in [4.69, 9.17) is 24.8 Å². The molecule has 31 heavy (non-hydrogen) atoms. The molecule has 0 fully saturated rings. The molecule has 6 N–H and O–H groups in total. The molecule has 0 radical (unpaired) electrons. The first-order valence-electron chi connectivity index (χ1n) is 9.02. The van der Waals surface area contributed by atoms with E-state index >= 15 is 0 Å². The lowest BCUT2D eigenvalue weighted by Crippen LogP contribution is -2.02. The molecule has 0 amide bonds. The van der Waals surface area contributed by atoms with Gasteiger partial charge in [-0.1, -0.05) is 11.6 Å². The van der Waals surface area contributed by atoms with Gasteiger partial charge in [0, 0.05) is 17.7 Å². The molecule has 0 aliphatic rings. The Morgan fingerprint density at radius 3 is 2.03 bits per heavy atom. The Labute approximate surface area is 176 Å². The van der Waals surface area contributed by atoms with E-state index in [0.717, 1.165) is 17.7 Å². The van der Waals surface area contributed by atoms with Crippen molar-refractivity contribution in [1.29, 1.82) is 0 Å². The molecule has 0 spiro atoms. The minimum Gasteiger partial charge on any atom is -0.507 e. The minimum atomic E-state index is -1.29. The number of rotatable bonds is 3. The average molecular weight is 430 g/mol. The lowest BCUT2D eigenvalue weighted by atomic mass is 10.0. The molecule has 9 nitrogen and oxygen atoms in total. The number of carboxylic acids is 1. The maximum atomic E-state index is 11.9. The van der Waals surface area contributed by atoms with E-state index in [9.17, 15) is 19.8 Å². The van der Waals surface area contributed by atoms with Gasteiger partial charge in [0.05, 0.1) is 5.56 Å². The zero-order chi connectivity index (χ0) is 23.5. The largest absolute Gasteiger partial charge is 0.507 e. The van der Waals surface area contributed by atoms with E-state index in [1.54, 1.807) is 6.92 Å². The van der Waals surface area contributed by atoms with Crippen molar-refractivity contribution >= 4 is 16.9 Å². The molecule has 0 aliphatic carbocycles. The monoisotopic (exact) mass is 430 g/mol. The second-order valence-electron chi connectivity index (χ2n) is 6.97. The Morgan fingerprint density at radius 2 is 1.52 bits per heavy atom. The van der Waals surface area contributed by atoms with Gasteiger partial charge in [-0.2, -0.15) is 0 Å². The first-order chi connectivity index (χ1) is 14.4. The minimum absolute atomic E-state index is 0.0729. The predicted molar refractivity (Wildman–Crippen MR) is 112 cm³/mol. The van der Waals surface area contributed by atoms with Gasteiger partial charge in [0.1, 0.15) is 28.2 Å². The van der Waals surface area contributed by atoms with Gasteiger partial charge in [-0.15, -0.1) is 0 Å². The van der Waals surface area contributed by atoms with Crippen LogP contribution < -0.4 is 5.43 Å². The van der Waals surface area contributed by atoms with E-state index in [0.29, 0.717) is 17.7 Å². The average Bonchev–Trinajstić information content (AvgIpc) is 2.64. The molecule has 9 heteroatoms. The lowest BCUT2D eigenvalue weighted by molar-refractivity contribution is 0.0696. The number of aromatic hydroxyl groups is 5. The van der Waals surface area contributed by atoms with E-state index in [2.05, 4.69) is 0 Å². The van der Waals surface area contributed by atoms with Crippen LogP contribution in [0.2, 0.25) is 0 Å². The summed E-state index contributed by atoms with van der Waals surface area (Å²) >= 11 is 0. The molecule has 1 heterocycles. The molecular formula is C22H22O9. The van der Waals surface area contributed by atoms with Gasteiger partial charge in [0.2, 0.25) is 0 Å². The summed E-state index contributed by atoms with van der Waals surface area (Å²) in [6, 6.07) is 4.39. The number of allylic oxidation sites excluding steroid dienone is 2. The summed E-state index contributed by atoms with van der Waals surface area (Å²) in [5.74, 6) is -3.17. The fourth-order valence-corrected chi connectivity index (χ4v) is 2.69. The number of hydrogen-bond donors (Lipinski definition) is 6. The molecule has 1 aromatic heterocycles. The van der Waals surface area contributed by atoms with Crippen LogP contribution in [0.25, 0.3) is 11.0 Å². The zero-order valence-electron chi connectivity index (χ0n) is 17.0. The number of carboxylic acid groups (broad SMARTS) is 1. The molecule has 0 unspecified atom stereocenters. The van der Waals surface area contributed by atoms with Crippen molar-refractivity contribution in [1.82, 2.24) is 0 Å². The van der Waals surface area contributed by atoms with E-state index in [-0.39, 0.29) is 33.5 Å². The van der Waals surface area contributed by atoms with Crippen LogP contribution in [0.3, 0.4) is 0 Å². The standard InChI is InChI=1S/C15H16O4.C7H6O5/c1-8(2)4-5-10-11(16)7-13-14(15(10)18)12(17)6-9(3)19-13;8-4-1-3(7(11)12)2-5(9)6(4)10/h4,6-7,16,18H,5H2,1-3H3;1-2,8-10H,(H,11,12). The summed E-state index contributed by atoms with van der Waals surface area (Å²) in [6.07, 6.45) is 2.24. The van der Waals surface area contributed by atoms with Gasteiger partial charge in [-0.3, -0.25) is 4.79 Å². The number of benzene rings is 2. The zero-order valence-corrected chi connectivity index (χ0v) is 17.0. The van der Waals surface area contributed by atoms with Crippen LogP contribution >= 0.6 is 0 Å². The number of aromatic carboxylic acids is 1. The van der Waals surface area contributed by atoms with E-state index in [1.165, 1.54) is 12.1 Å². The molecule has 3 aromatic rings. The molecule has 0 aliphatic heterocycles. The van der Waals surface area contributed by atoms with Crippen molar-refractivity contribution < 1.29 is 39.9 Å². The number of fused-ring (bicyclic) bond motifs is 1. The number of hydrogen-bond acceptors (Lipinski definition) is 8. The highest BCUT2D eigenvalue weighted by Crippen LogP contribution is 2.36. The van der Waals surface area contributed by atoms with Crippen LogP contribution in [0.5, 0.6) is 28.7 Å². The van der Waals surface area contributed by atoms with E-state index in [1.807, 2.05) is 19.9 Å². The molecule has 0 saturated carbocycles. The highest BCUT2D eigenvalue weighted by Gasteiger charge is 2.16. The topological polar surface area (TPSA) is 169 Å². The van der Waals surface area contributed by atoms with Gasteiger partial charge in [0.15, 0.2) is 22.7 Å². The van der Waals surface area contributed by atoms with E-state index < -0.39 is 23.2 Å².